The van der Waals surface area contributed by atoms with Crippen LogP contribution in [0.2, 0.25) is 0 Å². The van der Waals surface area contributed by atoms with Gasteiger partial charge in [-0.2, -0.15) is 0 Å². The summed E-state index contributed by atoms with van der Waals surface area (Å²) >= 11 is 0. The number of rotatable bonds is 11. The molecule has 3 aromatic rings. The number of aliphatic hydroxyl groups is 1. The summed E-state index contributed by atoms with van der Waals surface area (Å²) in [6, 6.07) is 6.98. The lowest BCUT2D eigenvalue weighted by atomic mass is 9.88. The summed E-state index contributed by atoms with van der Waals surface area (Å²) in [4.78, 5) is 28.9. The van der Waals surface area contributed by atoms with Crippen molar-refractivity contribution in [2.75, 3.05) is 32.7 Å². The zero-order chi connectivity index (χ0) is 28.3. The van der Waals surface area contributed by atoms with Gasteiger partial charge >= 0.3 is 0 Å². The Labute approximate surface area is 229 Å². The fourth-order valence-electron chi connectivity index (χ4n) is 4.84. The topological polar surface area (TPSA) is 124 Å². The van der Waals surface area contributed by atoms with Crippen LogP contribution in [-0.4, -0.2) is 82.7 Å². The van der Waals surface area contributed by atoms with E-state index in [1.54, 1.807) is 18.0 Å². The van der Waals surface area contributed by atoms with Crippen molar-refractivity contribution in [3.05, 3.63) is 42.5 Å². The Hall–Kier alpha value is -3.28. The first kappa shape index (κ1) is 28.7. The summed E-state index contributed by atoms with van der Waals surface area (Å²) in [5.74, 6) is 1.02. The number of ether oxygens (including phenoxy) is 3. The third-order valence-corrected chi connectivity index (χ3v) is 7.07. The third-order valence-electron chi connectivity index (χ3n) is 7.07. The summed E-state index contributed by atoms with van der Waals surface area (Å²) in [7, 11) is 5.39. The number of amides is 1. The van der Waals surface area contributed by atoms with E-state index in [9.17, 15) is 9.90 Å². The second-order valence-corrected chi connectivity index (χ2v) is 10.8. The number of carbonyl (C=O) groups excluding carboxylic acids is 1. The number of hydrogen-bond donors (Lipinski definition) is 2. The molecule has 2 N–H and O–H groups in total. The Balaban J connectivity index is 1.62. The van der Waals surface area contributed by atoms with Gasteiger partial charge in [-0.1, -0.05) is 26.0 Å². The Kier molecular flexibility index (Phi) is 9.04. The maximum absolute atomic E-state index is 13.7. The number of benzene rings is 1. The highest BCUT2D eigenvalue weighted by molar-refractivity contribution is 5.83. The SMILES string of the molecule is COc1ccc(C[C@@H](C(=O)N[C@@H]2[C@H](O)[C@@H](COC(C)C)O[C@H]2n2cnc3c(N(C)C)ncnc32)C(C)C)cc1. The van der Waals surface area contributed by atoms with Crippen LogP contribution in [-0.2, 0) is 20.7 Å². The van der Waals surface area contributed by atoms with E-state index >= 15 is 0 Å². The van der Waals surface area contributed by atoms with Crippen molar-refractivity contribution in [1.82, 2.24) is 24.8 Å². The lowest BCUT2D eigenvalue weighted by Crippen LogP contribution is -2.49. The molecule has 2 aromatic heterocycles. The molecule has 39 heavy (non-hydrogen) atoms. The normalized spacial score (nSPS) is 22.0. The van der Waals surface area contributed by atoms with Crippen molar-refractivity contribution >= 4 is 22.9 Å². The molecule has 11 heteroatoms. The van der Waals surface area contributed by atoms with Crippen LogP contribution in [0.25, 0.3) is 11.2 Å². The van der Waals surface area contributed by atoms with Gasteiger partial charge in [0.25, 0.3) is 0 Å². The molecule has 1 fully saturated rings. The van der Waals surface area contributed by atoms with Crippen molar-refractivity contribution in [3.63, 3.8) is 0 Å². The number of nitrogens with one attached hydrogen (secondary N) is 1. The van der Waals surface area contributed by atoms with Crippen LogP contribution in [0.1, 0.15) is 39.5 Å². The molecular formula is C28H40N6O5. The molecule has 1 aliphatic heterocycles. The molecule has 0 saturated carbocycles. The number of nitrogens with zero attached hydrogens (tertiary/aromatic N) is 5. The smallest absolute Gasteiger partial charge is 0.224 e. The zero-order valence-electron chi connectivity index (χ0n) is 23.7. The molecule has 1 aliphatic rings. The van der Waals surface area contributed by atoms with Gasteiger partial charge < -0.3 is 29.5 Å². The number of aliphatic hydroxyl groups excluding tert-OH is 1. The van der Waals surface area contributed by atoms with E-state index in [0.717, 1.165) is 11.3 Å². The quantitative estimate of drug-likeness (QED) is 0.378. The van der Waals surface area contributed by atoms with Gasteiger partial charge in [-0.05, 0) is 43.9 Å². The van der Waals surface area contributed by atoms with E-state index in [2.05, 4.69) is 20.3 Å². The highest BCUT2D eigenvalue weighted by atomic mass is 16.6. The molecule has 0 radical (unpaired) electrons. The Morgan fingerprint density at radius 2 is 1.87 bits per heavy atom. The van der Waals surface area contributed by atoms with Gasteiger partial charge in [0.05, 0.1) is 26.1 Å². The van der Waals surface area contributed by atoms with E-state index in [1.165, 1.54) is 6.33 Å². The van der Waals surface area contributed by atoms with Crippen LogP contribution in [0.15, 0.2) is 36.9 Å². The molecule has 212 valence electrons. The molecule has 0 spiro atoms. The minimum absolute atomic E-state index is 0.0350. The molecule has 1 amide bonds. The van der Waals surface area contributed by atoms with Gasteiger partial charge in [-0.25, -0.2) is 15.0 Å². The lowest BCUT2D eigenvalue weighted by molar-refractivity contribution is -0.128. The van der Waals surface area contributed by atoms with Crippen molar-refractivity contribution in [2.45, 2.75) is 64.7 Å². The van der Waals surface area contributed by atoms with E-state index < -0.39 is 24.5 Å². The largest absolute Gasteiger partial charge is 0.497 e. The van der Waals surface area contributed by atoms with E-state index in [4.69, 9.17) is 14.2 Å². The lowest BCUT2D eigenvalue weighted by Gasteiger charge is -2.27. The highest BCUT2D eigenvalue weighted by Gasteiger charge is 2.47. The second kappa shape index (κ2) is 12.3. The van der Waals surface area contributed by atoms with Crippen LogP contribution in [0.5, 0.6) is 5.75 Å². The fourth-order valence-corrected chi connectivity index (χ4v) is 4.84. The maximum atomic E-state index is 13.7. The third kappa shape index (κ3) is 6.32. The van der Waals surface area contributed by atoms with Gasteiger partial charge in [-0.3, -0.25) is 9.36 Å². The number of fused-ring (bicyclic) bond motifs is 1. The van der Waals surface area contributed by atoms with Crippen molar-refractivity contribution in [3.8, 4) is 5.75 Å². The molecular weight excluding hydrogens is 500 g/mol. The van der Waals surface area contributed by atoms with Gasteiger partial charge in [0, 0.05) is 20.0 Å². The van der Waals surface area contributed by atoms with Crippen LogP contribution in [0.4, 0.5) is 5.82 Å². The first-order valence-electron chi connectivity index (χ1n) is 13.3. The molecule has 5 atom stereocenters. The summed E-state index contributed by atoms with van der Waals surface area (Å²) in [5, 5.41) is 14.5. The number of carbonyl (C=O) groups is 1. The average molecular weight is 541 g/mol. The maximum Gasteiger partial charge on any atom is 0.224 e. The van der Waals surface area contributed by atoms with Crippen LogP contribution < -0.4 is 15.0 Å². The summed E-state index contributed by atoms with van der Waals surface area (Å²) in [5.41, 5.74) is 2.18. The van der Waals surface area contributed by atoms with Crippen molar-refractivity contribution < 1.29 is 24.1 Å². The molecule has 1 saturated heterocycles. The molecule has 4 rings (SSSR count). The van der Waals surface area contributed by atoms with E-state index in [-0.39, 0.29) is 30.5 Å². The minimum Gasteiger partial charge on any atom is -0.497 e. The monoisotopic (exact) mass is 540 g/mol. The standard InChI is InChI=1S/C28H40N6O5/c1-16(2)20(12-18-8-10-19(37-7)11-9-18)27(36)32-22-24(35)21(13-38-17(3)4)39-28(22)34-15-31-23-25(33(5)6)29-14-30-26(23)34/h8-11,14-17,20-22,24,28,35H,12-13H2,1-7H3,(H,32,36)/t20-,21-,22-,24-,28-/m1/s1. The van der Waals surface area contributed by atoms with E-state index in [0.29, 0.717) is 23.4 Å². The van der Waals surface area contributed by atoms with Crippen LogP contribution in [0.3, 0.4) is 0 Å². The first-order valence-corrected chi connectivity index (χ1v) is 13.3. The Morgan fingerprint density at radius 1 is 1.15 bits per heavy atom. The van der Waals surface area contributed by atoms with Gasteiger partial charge in [0.15, 0.2) is 23.2 Å². The molecule has 11 nitrogen and oxygen atoms in total. The Bertz CT molecular complexity index is 1240. The van der Waals surface area contributed by atoms with Crippen molar-refractivity contribution in [1.29, 1.82) is 0 Å². The second-order valence-electron chi connectivity index (χ2n) is 10.8. The fraction of sp³-hybridized carbons (Fsp3) is 0.571. The van der Waals surface area contributed by atoms with Crippen molar-refractivity contribution in [2.24, 2.45) is 11.8 Å². The summed E-state index contributed by atoms with van der Waals surface area (Å²) < 4.78 is 19.1. The van der Waals surface area contributed by atoms with Crippen LogP contribution in [0, 0.1) is 11.8 Å². The number of imidazole rings is 1. The number of anilines is 1. The average Bonchev–Trinajstić information content (AvgIpc) is 3.46. The molecule has 1 aromatic carbocycles. The zero-order valence-corrected chi connectivity index (χ0v) is 23.7. The Morgan fingerprint density at radius 3 is 2.49 bits per heavy atom. The predicted octanol–water partition coefficient (Wildman–Crippen LogP) is 2.58. The first-order chi connectivity index (χ1) is 18.6. The molecule has 0 bridgehead atoms. The van der Waals surface area contributed by atoms with Gasteiger partial charge in [0.1, 0.15) is 30.3 Å². The highest BCUT2D eigenvalue weighted by Crippen LogP contribution is 2.34. The minimum atomic E-state index is -1.00. The summed E-state index contributed by atoms with van der Waals surface area (Å²) in [6.07, 6.45) is 1.22. The number of aromatic nitrogens is 4. The predicted molar refractivity (Wildman–Crippen MR) is 148 cm³/mol. The van der Waals surface area contributed by atoms with E-state index in [1.807, 2.05) is 71.0 Å². The molecule has 3 heterocycles. The summed E-state index contributed by atoms with van der Waals surface area (Å²) in [6.45, 7) is 8.08. The number of hydrogen-bond acceptors (Lipinski definition) is 9. The molecule has 0 aliphatic carbocycles. The van der Waals surface area contributed by atoms with Gasteiger partial charge in [-0.15, -0.1) is 0 Å². The molecule has 0 unspecified atom stereocenters. The van der Waals surface area contributed by atoms with Gasteiger partial charge in [0.2, 0.25) is 5.91 Å². The van der Waals surface area contributed by atoms with Crippen LogP contribution >= 0.6 is 0 Å². The number of methoxy groups -OCH3 is 1.